The first kappa shape index (κ1) is 12.5. The number of rotatable bonds is 3. The lowest BCUT2D eigenvalue weighted by Crippen LogP contribution is -2.13. The zero-order valence-corrected chi connectivity index (χ0v) is 8.58. The number of halogens is 3. The van der Waals surface area contributed by atoms with Gasteiger partial charge >= 0.3 is 12.1 Å². The Bertz CT molecular complexity index is 385. The van der Waals surface area contributed by atoms with E-state index in [4.69, 9.17) is 5.11 Å². The number of benzene rings is 1. The molecule has 0 aliphatic heterocycles. The third-order valence-electron chi connectivity index (χ3n) is 2.22. The monoisotopic (exact) mass is 232 g/mol. The molecule has 0 bridgehead atoms. The molecular formula is C11H11F3O2. The summed E-state index contributed by atoms with van der Waals surface area (Å²) in [5, 5.41) is 8.65. The van der Waals surface area contributed by atoms with Gasteiger partial charge < -0.3 is 5.11 Å². The zero-order valence-electron chi connectivity index (χ0n) is 8.58. The summed E-state index contributed by atoms with van der Waals surface area (Å²) < 4.78 is 37.0. The van der Waals surface area contributed by atoms with E-state index in [-0.39, 0.29) is 6.42 Å². The largest absolute Gasteiger partial charge is 0.481 e. The van der Waals surface area contributed by atoms with Crippen LogP contribution in [0.15, 0.2) is 24.3 Å². The van der Waals surface area contributed by atoms with Gasteiger partial charge in [0.15, 0.2) is 0 Å². The molecule has 1 atom stereocenters. The lowest BCUT2D eigenvalue weighted by Gasteiger charge is -2.10. The molecule has 0 saturated carbocycles. The Hall–Kier alpha value is -1.52. The van der Waals surface area contributed by atoms with Crippen LogP contribution in [0.3, 0.4) is 0 Å². The van der Waals surface area contributed by atoms with Gasteiger partial charge in [-0.15, -0.1) is 0 Å². The van der Waals surface area contributed by atoms with E-state index in [0.717, 1.165) is 12.1 Å². The van der Waals surface area contributed by atoms with Crippen molar-refractivity contribution in [3.8, 4) is 0 Å². The van der Waals surface area contributed by atoms with Crippen molar-refractivity contribution in [2.75, 3.05) is 0 Å². The molecule has 5 heteroatoms. The zero-order chi connectivity index (χ0) is 12.3. The highest BCUT2D eigenvalue weighted by Gasteiger charge is 2.30. The van der Waals surface area contributed by atoms with Crippen LogP contribution in [-0.4, -0.2) is 11.1 Å². The maximum Gasteiger partial charge on any atom is 0.416 e. The molecule has 0 aliphatic carbocycles. The van der Waals surface area contributed by atoms with E-state index in [0.29, 0.717) is 5.56 Å². The van der Waals surface area contributed by atoms with Gasteiger partial charge in [0.2, 0.25) is 0 Å². The van der Waals surface area contributed by atoms with Gasteiger partial charge in [0, 0.05) is 0 Å². The fourth-order valence-corrected chi connectivity index (χ4v) is 1.32. The molecule has 0 aromatic heterocycles. The van der Waals surface area contributed by atoms with Crippen molar-refractivity contribution >= 4 is 5.97 Å². The van der Waals surface area contributed by atoms with Crippen LogP contribution in [0.1, 0.15) is 18.1 Å². The second kappa shape index (κ2) is 4.55. The van der Waals surface area contributed by atoms with Gasteiger partial charge in [0.25, 0.3) is 0 Å². The topological polar surface area (TPSA) is 37.3 Å². The first-order valence-corrected chi connectivity index (χ1v) is 4.69. The van der Waals surface area contributed by atoms with E-state index in [2.05, 4.69) is 0 Å². The van der Waals surface area contributed by atoms with Gasteiger partial charge in [-0.3, -0.25) is 4.79 Å². The number of carbonyl (C=O) groups is 1. The van der Waals surface area contributed by atoms with E-state index in [1.54, 1.807) is 0 Å². The number of carboxylic acid groups (broad SMARTS) is 1. The summed E-state index contributed by atoms with van der Waals surface area (Å²) in [4.78, 5) is 10.6. The maximum atomic E-state index is 12.3. The molecule has 0 fully saturated rings. The minimum absolute atomic E-state index is 0.0965. The molecule has 0 amide bonds. The Kier molecular flexibility index (Phi) is 3.57. The molecule has 1 unspecified atom stereocenters. The summed E-state index contributed by atoms with van der Waals surface area (Å²) in [5.41, 5.74) is -0.368. The first-order valence-electron chi connectivity index (χ1n) is 4.69. The van der Waals surface area contributed by atoms with Crippen molar-refractivity contribution in [2.24, 2.45) is 5.92 Å². The predicted octanol–water partition coefficient (Wildman–Crippen LogP) is 2.97. The minimum atomic E-state index is -4.39. The highest BCUT2D eigenvalue weighted by molar-refractivity contribution is 5.69. The molecule has 88 valence electrons. The summed E-state index contributed by atoms with van der Waals surface area (Å²) in [5.74, 6) is -1.71. The van der Waals surface area contributed by atoms with Crippen molar-refractivity contribution in [3.63, 3.8) is 0 Å². The molecule has 1 aromatic carbocycles. The van der Waals surface area contributed by atoms with Crippen LogP contribution in [0.2, 0.25) is 0 Å². The second-order valence-corrected chi connectivity index (χ2v) is 3.64. The number of aliphatic carboxylic acids is 1. The van der Waals surface area contributed by atoms with Crippen molar-refractivity contribution < 1.29 is 23.1 Å². The summed E-state index contributed by atoms with van der Waals surface area (Å²) in [6.07, 6.45) is -4.29. The Morgan fingerprint density at radius 2 is 2.06 bits per heavy atom. The molecule has 0 spiro atoms. The van der Waals surface area contributed by atoms with Crippen LogP contribution in [0.25, 0.3) is 0 Å². The highest BCUT2D eigenvalue weighted by Crippen LogP contribution is 2.29. The van der Waals surface area contributed by atoms with Crippen LogP contribution >= 0.6 is 0 Å². The molecular weight excluding hydrogens is 221 g/mol. The van der Waals surface area contributed by atoms with Gasteiger partial charge in [0.05, 0.1) is 11.5 Å². The van der Waals surface area contributed by atoms with Crippen molar-refractivity contribution in [1.82, 2.24) is 0 Å². The first-order chi connectivity index (χ1) is 7.30. The van der Waals surface area contributed by atoms with Crippen LogP contribution in [-0.2, 0) is 17.4 Å². The van der Waals surface area contributed by atoms with E-state index in [9.17, 15) is 18.0 Å². The van der Waals surface area contributed by atoms with Gasteiger partial charge in [0.1, 0.15) is 0 Å². The average Bonchev–Trinajstić information content (AvgIpc) is 2.16. The maximum absolute atomic E-state index is 12.3. The standard InChI is InChI=1S/C11H11F3O2/c1-7(10(15)16)5-8-3-2-4-9(6-8)11(12,13)14/h2-4,6-7H,5H2,1H3,(H,15,16). The third kappa shape index (κ3) is 3.25. The van der Waals surface area contributed by atoms with Crippen molar-refractivity contribution in [3.05, 3.63) is 35.4 Å². The van der Waals surface area contributed by atoms with E-state index in [1.807, 2.05) is 0 Å². The predicted molar refractivity (Wildman–Crippen MR) is 51.9 cm³/mol. The number of hydrogen-bond acceptors (Lipinski definition) is 1. The fraction of sp³-hybridized carbons (Fsp3) is 0.364. The highest BCUT2D eigenvalue weighted by atomic mass is 19.4. The molecule has 0 saturated heterocycles. The quantitative estimate of drug-likeness (QED) is 0.869. The molecule has 2 nitrogen and oxygen atoms in total. The number of hydrogen-bond donors (Lipinski definition) is 1. The van der Waals surface area contributed by atoms with Crippen LogP contribution in [0.5, 0.6) is 0 Å². The normalized spacial score (nSPS) is 13.5. The molecule has 1 N–H and O–H groups in total. The van der Waals surface area contributed by atoms with E-state index < -0.39 is 23.6 Å². The van der Waals surface area contributed by atoms with Crippen molar-refractivity contribution in [2.45, 2.75) is 19.5 Å². The lowest BCUT2D eigenvalue weighted by molar-refractivity contribution is -0.141. The average molecular weight is 232 g/mol. The summed E-state index contributed by atoms with van der Waals surface area (Å²) in [6.45, 7) is 1.46. The Balaban J connectivity index is 2.87. The van der Waals surface area contributed by atoms with Crippen LogP contribution in [0, 0.1) is 5.92 Å². The fourth-order valence-electron chi connectivity index (χ4n) is 1.32. The molecule has 1 aromatic rings. The Morgan fingerprint density at radius 3 is 2.56 bits per heavy atom. The molecule has 16 heavy (non-hydrogen) atoms. The van der Waals surface area contributed by atoms with Crippen molar-refractivity contribution in [1.29, 1.82) is 0 Å². The van der Waals surface area contributed by atoms with Crippen LogP contribution < -0.4 is 0 Å². The Morgan fingerprint density at radius 1 is 1.44 bits per heavy atom. The molecule has 0 radical (unpaired) electrons. The molecule has 1 rings (SSSR count). The van der Waals surface area contributed by atoms with Gasteiger partial charge in [-0.2, -0.15) is 13.2 Å². The summed E-state index contributed by atoms with van der Waals surface area (Å²) in [7, 11) is 0. The second-order valence-electron chi connectivity index (χ2n) is 3.64. The van der Waals surface area contributed by atoms with Crippen LogP contribution in [0.4, 0.5) is 13.2 Å². The Labute approximate surface area is 90.7 Å². The van der Waals surface area contributed by atoms with Gasteiger partial charge in [-0.1, -0.05) is 25.1 Å². The third-order valence-corrected chi connectivity index (χ3v) is 2.22. The van der Waals surface area contributed by atoms with E-state index in [1.165, 1.54) is 19.1 Å². The molecule has 0 aliphatic rings. The van der Waals surface area contributed by atoms with Gasteiger partial charge in [-0.25, -0.2) is 0 Å². The smallest absolute Gasteiger partial charge is 0.416 e. The lowest BCUT2D eigenvalue weighted by atomic mass is 9.99. The van der Waals surface area contributed by atoms with Gasteiger partial charge in [-0.05, 0) is 18.1 Å². The SMILES string of the molecule is CC(Cc1cccc(C(F)(F)F)c1)C(=O)O. The molecule has 0 heterocycles. The number of carboxylic acids is 1. The minimum Gasteiger partial charge on any atom is -0.481 e. The van der Waals surface area contributed by atoms with E-state index >= 15 is 0 Å². The summed E-state index contributed by atoms with van der Waals surface area (Å²) in [6, 6.07) is 4.73. The number of alkyl halides is 3. The summed E-state index contributed by atoms with van der Waals surface area (Å²) >= 11 is 0.